The lowest BCUT2D eigenvalue weighted by Gasteiger charge is -2.16. The van der Waals surface area contributed by atoms with Crippen LogP contribution in [-0.2, 0) is 6.42 Å². The second-order valence-corrected chi connectivity index (χ2v) is 6.52. The molecule has 2 aromatic rings. The van der Waals surface area contributed by atoms with E-state index in [0.717, 1.165) is 18.2 Å². The van der Waals surface area contributed by atoms with Crippen molar-refractivity contribution >= 4 is 22.7 Å². The van der Waals surface area contributed by atoms with E-state index in [4.69, 9.17) is 0 Å². The zero-order valence-electron chi connectivity index (χ0n) is 10.8. The largest absolute Gasteiger partial charge is 0.361 e. The van der Waals surface area contributed by atoms with Gasteiger partial charge in [-0.2, -0.15) is 11.8 Å². The minimum Gasteiger partial charge on any atom is -0.361 e. The molecule has 18 heavy (non-hydrogen) atoms. The van der Waals surface area contributed by atoms with Crippen molar-refractivity contribution in [2.75, 3.05) is 12.3 Å². The molecule has 2 heterocycles. The van der Waals surface area contributed by atoms with Crippen LogP contribution in [-0.4, -0.2) is 28.6 Å². The molecule has 0 spiro atoms. The summed E-state index contributed by atoms with van der Waals surface area (Å²) in [4.78, 5) is 3.34. The summed E-state index contributed by atoms with van der Waals surface area (Å²) >= 11 is 2.09. The first kappa shape index (κ1) is 12.1. The van der Waals surface area contributed by atoms with Crippen LogP contribution in [0.4, 0.5) is 0 Å². The number of rotatable bonds is 4. The number of aromatic nitrogens is 1. The molecule has 2 atom stereocenters. The molecular formula is C15H20N2S. The number of para-hydroxylation sites is 1. The Kier molecular flexibility index (Phi) is 3.62. The third-order valence-electron chi connectivity index (χ3n) is 3.85. The monoisotopic (exact) mass is 260 g/mol. The van der Waals surface area contributed by atoms with Gasteiger partial charge in [0.25, 0.3) is 0 Å². The quantitative estimate of drug-likeness (QED) is 0.883. The molecule has 0 bridgehead atoms. The zero-order valence-corrected chi connectivity index (χ0v) is 11.6. The second kappa shape index (κ2) is 5.37. The Morgan fingerprint density at radius 3 is 3.11 bits per heavy atom. The van der Waals surface area contributed by atoms with Gasteiger partial charge in [0.05, 0.1) is 0 Å². The van der Waals surface area contributed by atoms with E-state index in [-0.39, 0.29) is 0 Å². The Hall–Kier alpha value is -0.930. The normalized spacial score (nSPS) is 23.8. The maximum Gasteiger partial charge on any atom is 0.0456 e. The summed E-state index contributed by atoms with van der Waals surface area (Å²) in [5.74, 6) is 1.31. The molecule has 0 saturated carbocycles. The highest BCUT2D eigenvalue weighted by molar-refractivity contribution is 8.00. The van der Waals surface area contributed by atoms with Gasteiger partial charge in [-0.25, -0.2) is 0 Å². The Morgan fingerprint density at radius 2 is 2.28 bits per heavy atom. The first-order valence-electron chi connectivity index (χ1n) is 6.74. The average molecular weight is 260 g/mol. The fourth-order valence-electron chi connectivity index (χ4n) is 2.73. The molecule has 1 aromatic carbocycles. The van der Waals surface area contributed by atoms with Crippen LogP contribution in [0.1, 0.15) is 18.9 Å². The number of hydrogen-bond donors (Lipinski definition) is 2. The number of fused-ring (bicyclic) bond motifs is 1. The van der Waals surface area contributed by atoms with Crippen LogP contribution in [0.5, 0.6) is 0 Å². The van der Waals surface area contributed by atoms with Crippen LogP contribution < -0.4 is 5.32 Å². The zero-order chi connectivity index (χ0) is 12.4. The van der Waals surface area contributed by atoms with Crippen molar-refractivity contribution < 1.29 is 0 Å². The van der Waals surface area contributed by atoms with Gasteiger partial charge in [0.2, 0.25) is 0 Å². The Morgan fingerprint density at radius 1 is 1.39 bits per heavy atom. The standard InChI is InChI=1S/C15H20N2S/c1-11-14(7-9-18-11)16-8-6-12-10-17-15-5-3-2-4-13(12)15/h2-5,10-11,14,16-17H,6-9H2,1H3. The predicted molar refractivity (Wildman–Crippen MR) is 80.3 cm³/mol. The lowest BCUT2D eigenvalue weighted by molar-refractivity contribution is 0.517. The van der Waals surface area contributed by atoms with E-state index in [9.17, 15) is 0 Å². The van der Waals surface area contributed by atoms with Crippen LogP contribution in [0.2, 0.25) is 0 Å². The number of H-pyrrole nitrogens is 1. The number of hydrogen-bond acceptors (Lipinski definition) is 2. The number of aromatic amines is 1. The summed E-state index contributed by atoms with van der Waals surface area (Å²) in [5, 5.41) is 5.84. The van der Waals surface area contributed by atoms with Gasteiger partial charge in [0.15, 0.2) is 0 Å². The van der Waals surface area contributed by atoms with Gasteiger partial charge >= 0.3 is 0 Å². The van der Waals surface area contributed by atoms with Crippen molar-refractivity contribution in [3.05, 3.63) is 36.0 Å². The molecule has 2 unspecified atom stereocenters. The van der Waals surface area contributed by atoms with Crippen molar-refractivity contribution in [1.29, 1.82) is 0 Å². The molecule has 0 radical (unpaired) electrons. The van der Waals surface area contributed by atoms with Crippen molar-refractivity contribution in [2.24, 2.45) is 0 Å². The third-order valence-corrected chi connectivity index (χ3v) is 5.18. The first-order chi connectivity index (χ1) is 8.84. The lowest BCUT2D eigenvalue weighted by Crippen LogP contribution is -2.34. The minimum atomic E-state index is 0.709. The Labute approximate surface area is 113 Å². The third kappa shape index (κ3) is 2.43. The van der Waals surface area contributed by atoms with Gasteiger partial charge < -0.3 is 10.3 Å². The van der Waals surface area contributed by atoms with E-state index in [1.807, 2.05) is 0 Å². The van der Waals surface area contributed by atoms with Crippen LogP contribution in [0.15, 0.2) is 30.5 Å². The lowest BCUT2D eigenvalue weighted by atomic mass is 10.1. The highest BCUT2D eigenvalue weighted by atomic mass is 32.2. The smallest absolute Gasteiger partial charge is 0.0456 e. The molecule has 3 rings (SSSR count). The number of nitrogens with one attached hydrogen (secondary N) is 2. The highest BCUT2D eigenvalue weighted by Crippen LogP contribution is 2.26. The van der Waals surface area contributed by atoms with Crippen molar-refractivity contribution in [3.63, 3.8) is 0 Å². The first-order valence-corrected chi connectivity index (χ1v) is 7.79. The van der Waals surface area contributed by atoms with Gasteiger partial charge in [-0.1, -0.05) is 25.1 Å². The summed E-state index contributed by atoms with van der Waals surface area (Å²) < 4.78 is 0. The van der Waals surface area contributed by atoms with Gasteiger partial charge in [-0.3, -0.25) is 0 Å². The Bertz CT molecular complexity index is 520. The van der Waals surface area contributed by atoms with Gasteiger partial charge in [-0.15, -0.1) is 0 Å². The minimum absolute atomic E-state index is 0.709. The fourth-order valence-corrected chi connectivity index (χ4v) is 3.96. The molecule has 2 nitrogen and oxygen atoms in total. The summed E-state index contributed by atoms with van der Waals surface area (Å²) in [6.45, 7) is 3.42. The molecule has 1 aliphatic heterocycles. The van der Waals surface area contributed by atoms with Crippen molar-refractivity contribution in [2.45, 2.75) is 31.1 Å². The molecule has 2 N–H and O–H groups in total. The number of thioether (sulfide) groups is 1. The molecule has 0 aliphatic carbocycles. The SMILES string of the molecule is CC1SCCC1NCCc1c[nH]c2ccccc12. The highest BCUT2D eigenvalue weighted by Gasteiger charge is 2.22. The van der Waals surface area contributed by atoms with Crippen molar-refractivity contribution in [3.8, 4) is 0 Å². The van der Waals surface area contributed by atoms with Crippen LogP contribution >= 0.6 is 11.8 Å². The second-order valence-electron chi connectivity index (χ2n) is 5.03. The predicted octanol–water partition coefficient (Wildman–Crippen LogP) is 3.19. The molecule has 1 aromatic heterocycles. The fraction of sp³-hybridized carbons (Fsp3) is 0.467. The van der Waals surface area contributed by atoms with E-state index in [1.54, 1.807) is 0 Å². The summed E-state index contributed by atoms with van der Waals surface area (Å²) in [7, 11) is 0. The molecule has 96 valence electrons. The van der Waals surface area contributed by atoms with Crippen molar-refractivity contribution in [1.82, 2.24) is 10.3 Å². The van der Waals surface area contributed by atoms with Crippen LogP contribution in [0.3, 0.4) is 0 Å². The molecule has 1 aliphatic rings. The number of benzene rings is 1. The van der Waals surface area contributed by atoms with E-state index in [1.165, 1.54) is 28.6 Å². The van der Waals surface area contributed by atoms with Gasteiger partial charge in [0, 0.05) is 28.4 Å². The van der Waals surface area contributed by atoms with Crippen LogP contribution in [0.25, 0.3) is 10.9 Å². The van der Waals surface area contributed by atoms with Gasteiger partial charge in [-0.05, 0) is 36.8 Å². The maximum atomic E-state index is 3.70. The topological polar surface area (TPSA) is 27.8 Å². The summed E-state index contributed by atoms with van der Waals surface area (Å²) in [5.41, 5.74) is 2.67. The molecular weight excluding hydrogens is 240 g/mol. The average Bonchev–Trinajstić information content (AvgIpc) is 2.97. The summed E-state index contributed by atoms with van der Waals surface area (Å²) in [6.07, 6.45) is 4.58. The van der Waals surface area contributed by atoms with Gasteiger partial charge in [0.1, 0.15) is 0 Å². The van der Waals surface area contributed by atoms with E-state index in [0.29, 0.717) is 6.04 Å². The van der Waals surface area contributed by atoms with E-state index < -0.39 is 0 Å². The Balaban J connectivity index is 1.60. The summed E-state index contributed by atoms with van der Waals surface area (Å²) in [6, 6.07) is 9.25. The maximum absolute atomic E-state index is 3.70. The molecule has 3 heteroatoms. The van der Waals surface area contributed by atoms with E-state index >= 15 is 0 Å². The molecule has 1 fully saturated rings. The molecule has 1 saturated heterocycles. The van der Waals surface area contributed by atoms with Crippen LogP contribution in [0, 0.1) is 0 Å². The van der Waals surface area contributed by atoms with E-state index in [2.05, 4.69) is 59.4 Å². The molecule has 0 amide bonds.